The second-order valence-electron chi connectivity index (χ2n) is 4.41. The summed E-state index contributed by atoms with van der Waals surface area (Å²) >= 11 is 0. The van der Waals surface area contributed by atoms with E-state index < -0.39 is 0 Å². The maximum atomic E-state index is 5.85. The molecule has 3 aromatic rings. The van der Waals surface area contributed by atoms with Crippen LogP contribution >= 0.6 is 0 Å². The zero-order valence-electron chi connectivity index (χ0n) is 10.2. The molecule has 0 atom stereocenters. The van der Waals surface area contributed by atoms with Gasteiger partial charge in [0, 0.05) is 6.42 Å². The number of aromatic nitrogens is 3. The summed E-state index contributed by atoms with van der Waals surface area (Å²) in [6.07, 6.45) is 0.725. The van der Waals surface area contributed by atoms with E-state index in [1.807, 2.05) is 18.2 Å². The SMILES string of the molecule is Cc1cccc(Cc2nc3cccc(N)n3n2)c1. The number of pyridine rings is 1. The van der Waals surface area contributed by atoms with Crippen molar-refractivity contribution in [1.29, 1.82) is 0 Å². The highest BCUT2D eigenvalue weighted by Crippen LogP contribution is 2.11. The zero-order valence-corrected chi connectivity index (χ0v) is 10.2. The Morgan fingerprint density at radius 3 is 2.78 bits per heavy atom. The molecular formula is C14H14N4. The summed E-state index contributed by atoms with van der Waals surface area (Å²) in [5.74, 6) is 1.40. The van der Waals surface area contributed by atoms with Gasteiger partial charge in [-0.25, -0.2) is 4.98 Å². The number of hydrogen-bond acceptors (Lipinski definition) is 3. The molecule has 0 bridgehead atoms. The molecule has 2 heterocycles. The van der Waals surface area contributed by atoms with E-state index in [-0.39, 0.29) is 0 Å². The van der Waals surface area contributed by atoms with Crippen molar-refractivity contribution in [2.24, 2.45) is 0 Å². The van der Waals surface area contributed by atoms with E-state index in [9.17, 15) is 0 Å². The Labute approximate surface area is 105 Å². The Morgan fingerprint density at radius 1 is 1.17 bits per heavy atom. The Hall–Kier alpha value is -2.36. The average molecular weight is 238 g/mol. The lowest BCUT2D eigenvalue weighted by Gasteiger charge is -1.98. The van der Waals surface area contributed by atoms with Crippen molar-refractivity contribution in [3.8, 4) is 0 Å². The lowest BCUT2D eigenvalue weighted by molar-refractivity contribution is 0.908. The van der Waals surface area contributed by atoms with Gasteiger partial charge in [0.2, 0.25) is 0 Å². The predicted molar refractivity (Wildman–Crippen MR) is 71.4 cm³/mol. The molecule has 1 aromatic carbocycles. The first-order chi connectivity index (χ1) is 8.72. The molecule has 2 N–H and O–H groups in total. The third-order valence-electron chi connectivity index (χ3n) is 2.88. The van der Waals surface area contributed by atoms with Gasteiger partial charge in [-0.15, -0.1) is 5.10 Å². The number of hydrogen-bond donors (Lipinski definition) is 1. The minimum atomic E-state index is 0.607. The quantitative estimate of drug-likeness (QED) is 0.744. The van der Waals surface area contributed by atoms with Crippen LogP contribution in [-0.4, -0.2) is 14.6 Å². The van der Waals surface area contributed by atoms with Crippen LogP contribution in [0.15, 0.2) is 42.5 Å². The van der Waals surface area contributed by atoms with Crippen LogP contribution < -0.4 is 5.73 Å². The topological polar surface area (TPSA) is 56.2 Å². The van der Waals surface area contributed by atoms with E-state index in [4.69, 9.17) is 5.73 Å². The Balaban J connectivity index is 1.98. The minimum absolute atomic E-state index is 0.607. The molecule has 4 heteroatoms. The van der Waals surface area contributed by atoms with Gasteiger partial charge in [-0.05, 0) is 24.6 Å². The average Bonchev–Trinajstić information content (AvgIpc) is 2.73. The van der Waals surface area contributed by atoms with E-state index in [1.165, 1.54) is 11.1 Å². The number of aryl methyl sites for hydroxylation is 1. The number of benzene rings is 1. The Kier molecular flexibility index (Phi) is 2.48. The number of anilines is 1. The van der Waals surface area contributed by atoms with Gasteiger partial charge < -0.3 is 5.73 Å². The van der Waals surface area contributed by atoms with Crippen LogP contribution in [0.25, 0.3) is 5.65 Å². The Morgan fingerprint density at radius 2 is 2.00 bits per heavy atom. The van der Waals surface area contributed by atoms with Crippen molar-refractivity contribution in [3.63, 3.8) is 0 Å². The van der Waals surface area contributed by atoms with Gasteiger partial charge in [0.1, 0.15) is 5.82 Å². The molecule has 0 fully saturated rings. The van der Waals surface area contributed by atoms with Crippen LogP contribution in [0.5, 0.6) is 0 Å². The molecule has 0 spiro atoms. The maximum absolute atomic E-state index is 5.85. The van der Waals surface area contributed by atoms with Crippen LogP contribution in [0.4, 0.5) is 5.82 Å². The number of rotatable bonds is 2. The molecule has 0 saturated carbocycles. The summed E-state index contributed by atoms with van der Waals surface area (Å²) in [5, 5.41) is 4.42. The predicted octanol–water partition coefficient (Wildman–Crippen LogP) is 2.21. The standard InChI is InChI=1S/C14H14N4/c1-10-4-2-5-11(8-10)9-13-16-14-7-3-6-12(15)18(14)17-13/h2-8H,9,15H2,1H3. The van der Waals surface area contributed by atoms with E-state index in [0.29, 0.717) is 5.82 Å². The molecule has 0 radical (unpaired) electrons. The fourth-order valence-corrected chi connectivity index (χ4v) is 2.05. The van der Waals surface area contributed by atoms with Crippen LogP contribution in [-0.2, 0) is 6.42 Å². The van der Waals surface area contributed by atoms with Gasteiger partial charge >= 0.3 is 0 Å². The van der Waals surface area contributed by atoms with Crippen molar-refractivity contribution in [1.82, 2.24) is 14.6 Å². The molecule has 0 aliphatic rings. The lowest BCUT2D eigenvalue weighted by atomic mass is 10.1. The molecule has 90 valence electrons. The molecule has 2 aromatic heterocycles. The first-order valence-corrected chi connectivity index (χ1v) is 5.88. The highest BCUT2D eigenvalue weighted by molar-refractivity contribution is 5.46. The second kappa shape index (κ2) is 4.14. The van der Waals surface area contributed by atoms with Gasteiger partial charge in [0.05, 0.1) is 0 Å². The fourth-order valence-electron chi connectivity index (χ4n) is 2.05. The number of nitrogen functional groups attached to an aromatic ring is 1. The molecule has 0 saturated heterocycles. The Bertz CT molecular complexity index is 700. The van der Waals surface area contributed by atoms with Crippen molar-refractivity contribution in [2.45, 2.75) is 13.3 Å². The zero-order chi connectivity index (χ0) is 12.5. The van der Waals surface area contributed by atoms with Gasteiger partial charge in [-0.1, -0.05) is 35.9 Å². The molecule has 18 heavy (non-hydrogen) atoms. The van der Waals surface area contributed by atoms with Crippen molar-refractivity contribution < 1.29 is 0 Å². The number of fused-ring (bicyclic) bond motifs is 1. The first-order valence-electron chi connectivity index (χ1n) is 5.88. The van der Waals surface area contributed by atoms with Crippen LogP contribution in [0.1, 0.15) is 17.0 Å². The summed E-state index contributed by atoms with van der Waals surface area (Å²) in [6, 6.07) is 14.0. The minimum Gasteiger partial charge on any atom is -0.384 e. The van der Waals surface area contributed by atoms with Gasteiger partial charge in [-0.3, -0.25) is 0 Å². The fraction of sp³-hybridized carbons (Fsp3) is 0.143. The third-order valence-corrected chi connectivity index (χ3v) is 2.88. The highest BCUT2D eigenvalue weighted by Gasteiger charge is 2.06. The largest absolute Gasteiger partial charge is 0.384 e. The number of nitrogens with two attached hydrogens (primary N) is 1. The van der Waals surface area contributed by atoms with Crippen LogP contribution in [0.2, 0.25) is 0 Å². The first kappa shape index (κ1) is 10.8. The molecule has 3 rings (SSSR count). The lowest BCUT2D eigenvalue weighted by Crippen LogP contribution is -1.98. The monoisotopic (exact) mass is 238 g/mol. The van der Waals surface area contributed by atoms with Crippen LogP contribution in [0, 0.1) is 6.92 Å². The van der Waals surface area contributed by atoms with Crippen molar-refractivity contribution in [2.75, 3.05) is 5.73 Å². The normalized spacial score (nSPS) is 10.9. The summed E-state index contributed by atoms with van der Waals surface area (Å²) < 4.78 is 1.67. The number of nitrogens with zero attached hydrogens (tertiary/aromatic N) is 3. The highest BCUT2D eigenvalue weighted by atomic mass is 15.3. The van der Waals surface area contributed by atoms with E-state index in [0.717, 1.165) is 17.9 Å². The summed E-state index contributed by atoms with van der Waals surface area (Å²) in [6.45, 7) is 2.08. The molecule has 0 aliphatic heterocycles. The van der Waals surface area contributed by atoms with Gasteiger partial charge in [-0.2, -0.15) is 4.52 Å². The van der Waals surface area contributed by atoms with Crippen molar-refractivity contribution >= 4 is 11.5 Å². The van der Waals surface area contributed by atoms with E-state index in [1.54, 1.807) is 4.52 Å². The molecule has 0 aliphatic carbocycles. The smallest absolute Gasteiger partial charge is 0.157 e. The summed E-state index contributed by atoms with van der Waals surface area (Å²) in [4.78, 5) is 4.47. The van der Waals surface area contributed by atoms with E-state index in [2.05, 4.69) is 41.3 Å². The second-order valence-corrected chi connectivity index (χ2v) is 4.41. The third kappa shape index (κ3) is 1.93. The molecule has 0 unspecified atom stereocenters. The molecular weight excluding hydrogens is 224 g/mol. The van der Waals surface area contributed by atoms with Crippen molar-refractivity contribution in [3.05, 3.63) is 59.4 Å². The van der Waals surface area contributed by atoms with Gasteiger partial charge in [0.15, 0.2) is 11.5 Å². The van der Waals surface area contributed by atoms with Crippen LogP contribution in [0.3, 0.4) is 0 Å². The maximum Gasteiger partial charge on any atom is 0.157 e. The summed E-state index contributed by atoms with van der Waals surface area (Å²) in [7, 11) is 0. The molecule has 0 amide bonds. The van der Waals surface area contributed by atoms with E-state index >= 15 is 0 Å². The van der Waals surface area contributed by atoms with Gasteiger partial charge in [0.25, 0.3) is 0 Å². The molecule has 4 nitrogen and oxygen atoms in total. The summed E-state index contributed by atoms with van der Waals surface area (Å²) in [5.41, 5.74) is 9.10.